The minimum absolute atomic E-state index is 0.156. The van der Waals surface area contributed by atoms with Crippen molar-refractivity contribution in [2.75, 3.05) is 0 Å². The van der Waals surface area contributed by atoms with Crippen LogP contribution in [0.25, 0.3) is 0 Å². The van der Waals surface area contributed by atoms with Gasteiger partial charge in [-0.1, -0.05) is 32.0 Å². The standard InChI is InChI=1S/C12H20NO4P/c1-8(2)7-10(13)12(14)9-5-3-4-6-11(9)18(15,16)17/h3-6,8,10,12,14H,7,13H2,1-2H3,(H2,15,16,17)/t10-,12?/m0/s1. The predicted octanol–water partition coefficient (Wildman–Crippen LogP) is 0.896. The molecule has 0 saturated carbocycles. The average Bonchev–Trinajstić information content (AvgIpc) is 2.26. The summed E-state index contributed by atoms with van der Waals surface area (Å²) >= 11 is 0. The smallest absolute Gasteiger partial charge is 0.356 e. The minimum Gasteiger partial charge on any atom is -0.387 e. The van der Waals surface area contributed by atoms with Gasteiger partial charge in [0.1, 0.15) is 0 Å². The summed E-state index contributed by atoms with van der Waals surface area (Å²) in [7, 11) is -4.40. The summed E-state index contributed by atoms with van der Waals surface area (Å²) in [6, 6.07) is 5.43. The van der Waals surface area contributed by atoms with Crippen LogP contribution in [0.2, 0.25) is 0 Å². The highest BCUT2D eigenvalue weighted by molar-refractivity contribution is 7.60. The molecule has 6 heteroatoms. The van der Waals surface area contributed by atoms with Crippen LogP contribution < -0.4 is 11.0 Å². The van der Waals surface area contributed by atoms with Crippen molar-refractivity contribution in [2.45, 2.75) is 32.4 Å². The van der Waals surface area contributed by atoms with E-state index in [2.05, 4.69) is 0 Å². The van der Waals surface area contributed by atoms with Crippen molar-refractivity contribution >= 4 is 12.9 Å². The van der Waals surface area contributed by atoms with Crippen molar-refractivity contribution in [1.82, 2.24) is 0 Å². The van der Waals surface area contributed by atoms with Crippen molar-refractivity contribution in [3.8, 4) is 0 Å². The van der Waals surface area contributed by atoms with Crippen molar-refractivity contribution in [1.29, 1.82) is 0 Å². The van der Waals surface area contributed by atoms with E-state index in [4.69, 9.17) is 5.73 Å². The monoisotopic (exact) mass is 273 g/mol. The number of aliphatic hydroxyl groups is 1. The molecule has 18 heavy (non-hydrogen) atoms. The van der Waals surface area contributed by atoms with E-state index in [1.807, 2.05) is 13.8 Å². The molecule has 1 unspecified atom stereocenters. The molecule has 0 aliphatic rings. The molecule has 1 aromatic rings. The quantitative estimate of drug-likeness (QED) is 0.597. The lowest BCUT2D eigenvalue weighted by Crippen LogP contribution is -2.32. The second-order valence-electron chi connectivity index (χ2n) is 4.84. The Morgan fingerprint density at radius 1 is 1.28 bits per heavy atom. The molecule has 102 valence electrons. The van der Waals surface area contributed by atoms with Gasteiger partial charge in [-0.3, -0.25) is 4.57 Å². The minimum atomic E-state index is -4.40. The highest BCUT2D eigenvalue weighted by Gasteiger charge is 2.27. The third-order valence-electron chi connectivity index (χ3n) is 2.72. The maximum atomic E-state index is 11.3. The third-order valence-corrected chi connectivity index (χ3v) is 3.75. The first-order chi connectivity index (χ1) is 8.23. The number of nitrogens with two attached hydrogens (primary N) is 1. The predicted molar refractivity (Wildman–Crippen MR) is 70.5 cm³/mol. The first-order valence-electron chi connectivity index (χ1n) is 5.82. The fraction of sp³-hybridized carbons (Fsp3) is 0.500. The Bertz CT molecular complexity index is 443. The third kappa shape index (κ3) is 3.90. The molecular weight excluding hydrogens is 253 g/mol. The molecule has 0 saturated heterocycles. The first-order valence-corrected chi connectivity index (χ1v) is 7.43. The zero-order valence-electron chi connectivity index (χ0n) is 10.5. The van der Waals surface area contributed by atoms with E-state index in [0.717, 1.165) is 0 Å². The van der Waals surface area contributed by atoms with Crippen LogP contribution in [0.1, 0.15) is 31.9 Å². The number of hydrogen-bond donors (Lipinski definition) is 4. The molecule has 0 heterocycles. The lowest BCUT2D eigenvalue weighted by molar-refractivity contribution is 0.136. The van der Waals surface area contributed by atoms with Crippen LogP contribution in [0.15, 0.2) is 24.3 Å². The summed E-state index contributed by atoms with van der Waals surface area (Å²) in [5.41, 5.74) is 6.07. The van der Waals surface area contributed by atoms with E-state index in [1.165, 1.54) is 18.2 Å². The normalized spacial score (nSPS) is 15.7. The molecular formula is C12H20NO4P. The molecule has 0 fully saturated rings. The number of benzene rings is 1. The molecule has 1 aromatic carbocycles. The van der Waals surface area contributed by atoms with Crippen molar-refractivity contribution in [2.24, 2.45) is 11.7 Å². The molecule has 2 atom stereocenters. The van der Waals surface area contributed by atoms with Crippen LogP contribution in [-0.4, -0.2) is 20.9 Å². The number of hydrogen-bond acceptors (Lipinski definition) is 3. The van der Waals surface area contributed by atoms with E-state index in [9.17, 15) is 19.5 Å². The van der Waals surface area contributed by atoms with Crippen LogP contribution in [0.4, 0.5) is 0 Å². The van der Waals surface area contributed by atoms with Gasteiger partial charge in [0.15, 0.2) is 0 Å². The van der Waals surface area contributed by atoms with Gasteiger partial charge in [0.25, 0.3) is 0 Å². The van der Waals surface area contributed by atoms with E-state index in [1.54, 1.807) is 6.07 Å². The number of rotatable bonds is 5. The topological polar surface area (TPSA) is 104 Å². The summed E-state index contributed by atoms with van der Waals surface area (Å²) < 4.78 is 11.3. The zero-order chi connectivity index (χ0) is 13.9. The highest BCUT2D eigenvalue weighted by atomic mass is 31.2. The van der Waals surface area contributed by atoms with Crippen molar-refractivity contribution in [3.63, 3.8) is 0 Å². The molecule has 0 amide bonds. The van der Waals surface area contributed by atoms with Gasteiger partial charge in [-0.15, -0.1) is 0 Å². The Balaban J connectivity index is 3.06. The molecule has 5 N–H and O–H groups in total. The Hall–Kier alpha value is -0.710. The van der Waals surface area contributed by atoms with Crippen LogP contribution in [0.3, 0.4) is 0 Å². The summed E-state index contributed by atoms with van der Waals surface area (Å²) in [6.45, 7) is 3.95. The Morgan fingerprint density at radius 3 is 2.33 bits per heavy atom. The lowest BCUT2D eigenvalue weighted by Gasteiger charge is -2.23. The number of aliphatic hydroxyl groups excluding tert-OH is 1. The fourth-order valence-corrected chi connectivity index (χ4v) is 2.73. The second kappa shape index (κ2) is 5.95. The van der Waals surface area contributed by atoms with Gasteiger partial charge in [0.2, 0.25) is 0 Å². The summed E-state index contributed by atoms with van der Waals surface area (Å²) in [5, 5.41) is 9.96. The van der Waals surface area contributed by atoms with E-state index in [-0.39, 0.29) is 10.9 Å². The molecule has 1 rings (SSSR count). The van der Waals surface area contributed by atoms with Crippen LogP contribution in [0.5, 0.6) is 0 Å². The van der Waals surface area contributed by atoms with Gasteiger partial charge in [0.05, 0.1) is 11.4 Å². The molecule has 0 spiro atoms. The Labute approximate surface area is 107 Å². The largest absolute Gasteiger partial charge is 0.387 e. The average molecular weight is 273 g/mol. The van der Waals surface area contributed by atoms with Crippen LogP contribution >= 0.6 is 7.60 Å². The molecule has 0 aliphatic heterocycles. The summed E-state index contributed by atoms with van der Waals surface area (Å²) in [6.07, 6.45) is -0.493. The van der Waals surface area contributed by atoms with E-state index < -0.39 is 19.7 Å². The van der Waals surface area contributed by atoms with Crippen molar-refractivity contribution < 1.29 is 19.5 Å². The van der Waals surface area contributed by atoms with Crippen LogP contribution in [0, 0.1) is 5.92 Å². The fourth-order valence-electron chi connectivity index (χ4n) is 1.91. The van der Waals surface area contributed by atoms with Gasteiger partial charge in [-0.25, -0.2) is 0 Å². The van der Waals surface area contributed by atoms with Gasteiger partial charge in [-0.05, 0) is 24.0 Å². The van der Waals surface area contributed by atoms with Gasteiger partial charge >= 0.3 is 7.60 Å². The molecule has 0 bridgehead atoms. The maximum Gasteiger partial charge on any atom is 0.356 e. The van der Waals surface area contributed by atoms with Gasteiger partial charge in [0, 0.05) is 6.04 Å². The van der Waals surface area contributed by atoms with E-state index >= 15 is 0 Å². The second-order valence-corrected chi connectivity index (χ2v) is 6.41. The highest BCUT2D eigenvalue weighted by Crippen LogP contribution is 2.36. The Kier molecular flexibility index (Phi) is 5.08. The molecule has 5 nitrogen and oxygen atoms in total. The summed E-state index contributed by atoms with van der Waals surface area (Å²) in [5.74, 6) is 0.303. The Morgan fingerprint density at radius 2 is 1.83 bits per heavy atom. The molecule has 0 radical (unpaired) electrons. The maximum absolute atomic E-state index is 11.3. The van der Waals surface area contributed by atoms with Crippen LogP contribution in [-0.2, 0) is 4.57 Å². The van der Waals surface area contributed by atoms with Crippen molar-refractivity contribution in [3.05, 3.63) is 29.8 Å². The SMILES string of the molecule is CC(C)C[C@H](N)C(O)c1ccccc1P(=O)(O)O. The van der Waals surface area contributed by atoms with Gasteiger partial charge < -0.3 is 20.6 Å². The zero-order valence-corrected chi connectivity index (χ0v) is 11.4. The van der Waals surface area contributed by atoms with E-state index in [0.29, 0.717) is 12.3 Å². The molecule has 0 aliphatic carbocycles. The first kappa shape index (κ1) is 15.3. The molecule has 0 aromatic heterocycles. The summed E-state index contributed by atoms with van der Waals surface area (Å²) in [4.78, 5) is 18.5. The van der Waals surface area contributed by atoms with Gasteiger partial charge in [-0.2, -0.15) is 0 Å². The lowest BCUT2D eigenvalue weighted by atomic mass is 9.95.